The molecular formula is C30H12N10O6. The summed E-state index contributed by atoms with van der Waals surface area (Å²) in [5.74, 6) is -6.45. The molecule has 0 fully saturated rings. The third kappa shape index (κ3) is 3.20. The zero-order valence-electron chi connectivity index (χ0n) is 22.8. The molecule has 0 aromatic heterocycles. The lowest BCUT2D eigenvalue weighted by atomic mass is 10.1. The lowest BCUT2D eigenvalue weighted by Crippen LogP contribution is -2.53. The van der Waals surface area contributed by atoms with Crippen LogP contribution >= 0.6 is 0 Å². The number of hydrogen-bond acceptors (Lipinski definition) is 13. The standard InChI is InChI=1S/C30H12N10O6/c41-19-13-7-1-2-8-14(13)20(42)37(19)25-31-28-33-26(38-21(43)15-9-3-4-10-16(15)22(38)44)35-30-36-27(34-29(32-25)40(28)30)39-23(45)17-11-5-6-12-18(17)24(39)46/h1-12H. The van der Waals surface area contributed by atoms with E-state index in [9.17, 15) is 28.8 Å². The summed E-state index contributed by atoms with van der Waals surface area (Å²) in [5, 5.41) is 0. The van der Waals surface area contributed by atoms with Crippen molar-refractivity contribution in [3.63, 3.8) is 0 Å². The van der Waals surface area contributed by atoms with Gasteiger partial charge in [-0.3, -0.25) is 28.8 Å². The molecule has 6 heterocycles. The third-order valence-electron chi connectivity index (χ3n) is 7.78. The van der Waals surface area contributed by atoms with E-state index in [-0.39, 0.29) is 51.3 Å². The molecular weight excluding hydrogens is 596 g/mol. The summed E-state index contributed by atoms with van der Waals surface area (Å²) in [6.45, 7) is 0. The Hall–Kier alpha value is -7.10. The van der Waals surface area contributed by atoms with Gasteiger partial charge in [0.25, 0.3) is 35.4 Å². The Morgan fingerprint density at radius 1 is 0.283 bits per heavy atom. The van der Waals surface area contributed by atoms with Crippen molar-refractivity contribution in [1.29, 1.82) is 0 Å². The van der Waals surface area contributed by atoms with Gasteiger partial charge in [-0.15, -0.1) is 0 Å². The van der Waals surface area contributed by atoms with Gasteiger partial charge < -0.3 is 0 Å². The quantitative estimate of drug-likeness (QED) is 0.344. The van der Waals surface area contributed by atoms with Gasteiger partial charge in [-0.25, -0.2) is 19.6 Å². The molecule has 6 amide bonds. The first-order valence-corrected chi connectivity index (χ1v) is 13.6. The van der Waals surface area contributed by atoms with Crippen LogP contribution in [0.1, 0.15) is 62.1 Å². The zero-order valence-corrected chi connectivity index (χ0v) is 22.8. The van der Waals surface area contributed by atoms with Crippen LogP contribution in [-0.4, -0.2) is 90.8 Å². The highest BCUT2D eigenvalue weighted by Crippen LogP contribution is 2.30. The minimum atomic E-state index is -0.711. The van der Waals surface area contributed by atoms with Crippen LogP contribution in [0.2, 0.25) is 0 Å². The molecule has 46 heavy (non-hydrogen) atoms. The number of hydrogen-bond donors (Lipinski definition) is 0. The smallest absolute Gasteiger partial charge is 0.268 e. The predicted octanol–water partition coefficient (Wildman–Crippen LogP) is 1.35. The summed E-state index contributed by atoms with van der Waals surface area (Å²) >= 11 is 0. The molecule has 3 aromatic rings. The van der Waals surface area contributed by atoms with Crippen LogP contribution < -0.4 is 0 Å². The topological polar surface area (TPSA) is 190 Å². The van der Waals surface area contributed by atoms with Crippen LogP contribution in [0.25, 0.3) is 0 Å². The van der Waals surface area contributed by atoms with Crippen molar-refractivity contribution in [3.05, 3.63) is 106 Å². The van der Waals surface area contributed by atoms with Gasteiger partial charge in [-0.1, -0.05) is 36.4 Å². The molecule has 9 rings (SSSR count). The van der Waals surface area contributed by atoms with E-state index in [2.05, 4.69) is 30.0 Å². The molecule has 0 spiro atoms. The number of benzene rings is 3. The van der Waals surface area contributed by atoms with Gasteiger partial charge in [0.15, 0.2) is 0 Å². The van der Waals surface area contributed by atoms with Crippen molar-refractivity contribution in [2.24, 2.45) is 30.0 Å². The van der Waals surface area contributed by atoms with E-state index in [0.29, 0.717) is 0 Å². The number of amides is 6. The molecule has 3 aromatic carbocycles. The number of fused-ring (bicyclic) bond motifs is 3. The molecule has 0 radical (unpaired) electrons. The molecule has 6 aliphatic heterocycles. The highest BCUT2D eigenvalue weighted by molar-refractivity contribution is 6.39. The second kappa shape index (κ2) is 8.73. The maximum absolute atomic E-state index is 13.3. The molecule has 0 N–H and O–H groups in total. The van der Waals surface area contributed by atoms with E-state index in [0.717, 1.165) is 19.6 Å². The monoisotopic (exact) mass is 608 g/mol. The van der Waals surface area contributed by atoms with Crippen molar-refractivity contribution in [3.8, 4) is 0 Å². The Labute approximate surface area is 255 Å². The highest BCUT2D eigenvalue weighted by Gasteiger charge is 2.47. The minimum Gasteiger partial charge on any atom is -0.268 e. The van der Waals surface area contributed by atoms with Gasteiger partial charge in [-0.2, -0.15) is 30.0 Å². The van der Waals surface area contributed by atoms with Crippen LogP contribution in [-0.2, 0) is 0 Å². The molecule has 0 saturated carbocycles. The highest BCUT2D eigenvalue weighted by atomic mass is 16.2. The minimum absolute atomic E-state index is 0.123. The van der Waals surface area contributed by atoms with Gasteiger partial charge in [0, 0.05) is 0 Å². The van der Waals surface area contributed by atoms with Gasteiger partial charge in [0.1, 0.15) is 0 Å². The van der Waals surface area contributed by atoms with Crippen molar-refractivity contribution in [2.75, 3.05) is 0 Å². The van der Waals surface area contributed by atoms with Crippen molar-refractivity contribution < 1.29 is 28.8 Å². The molecule has 16 heteroatoms. The van der Waals surface area contributed by atoms with Gasteiger partial charge in [0.2, 0.25) is 35.8 Å². The SMILES string of the molecule is O=C1c2ccccc2C(=O)N1C1=NC2=NC(N3C(=O)c4ccccc4C3=O)=NC3=NC(N4C(=O)c5ccccc5C4=O)=NC(=N1)N23. The fraction of sp³-hybridized carbons (Fsp3) is 0. The fourth-order valence-corrected chi connectivity index (χ4v) is 5.67. The van der Waals surface area contributed by atoms with Gasteiger partial charge >= 0.3 is 0 Å². The summed E-state index contributed by atoms with van der Waals surface area (Å²) in [6, 6.07) is 18.5. The number of nitrogens with zero attached hydrogens (tertiary/aromatic N) is 10. The number of carbonyl (C=O) groups excluding carboxylic acids is 6. The molecule has 0 saturated heterocycles. The van der Waals surface area contributed by atoms with Crippen LogP contribution in [0.3, 0.4) is 0 Å². The number of guanidine groups is 6. The second-order valence-corrected chi connectivity index (χ2v) is 10.3. The number of carbonyl (C=O) groups is 6. The van der Waals surface area contributed by atoms with E-state index in [4.69, 9.17) is 0 Å². The molecule has 0 unspecified atom stereocenters. The third-order valence-corrected chi connectivity index (χ3v) is 7.78. The van der Waals surface area contributed by atoms with E-state index in [1.165, 1.54) is 36.4 Å². The van der Waals surface area contributed by atoms with Crippen molar-refractivity contribution in [1.82, 2.24) is 19.6 Å². The molecule has 218 valence electrons. The molecule has 16 nitrogen and oxygen atoms in total. The van der Waals surface area contributed by atoms with Crippen LogP contribution in [0.4, 0.5) is 0 Å². The van der Waals surface area contributed by atoms with Crippen LogP contribution in [0.15, 0.2) is 103 Å². The number of imide groups is 3. The Balaban J connectivity index is 1.21. The number of aliphatic imine (C=N–C) groups is 6. The lowest BCUT2D eigenvalue weighted by Gasteiger charge is -2.32. The normalized spacial score (nSPS) is 19.3. The Morgan fingerprint density at radius 2 is 0.457 bits per heavy atom. The average Bonchev–Trinajstić information content (AvgIpc) is 3.59. The average molecular weight is 608 g/mol. The summed E-state index contributed by atoms with van der Waals surface area (Å²) in [7, 11) is 0. The molecule has 6 aliphatic rings. The Kier molecular flexibility index (Phi) is 4.82. The first kappa shape index (κ1) is 25.4. The second-order valence-electron chi connectivity index (χ2n) is 10.3. The van der Waals surface area contributed by atoms with E-state index >= 15 is 0 Å². The van der Waals surface area contributed by atoms with E-state index in [1.807, 2.05) is 0 Å². The van der Waals surface area contributed by atoms with Crippen molar-refractivity contribution >= 4 is 71.2 Å². The maximum Gasteiger partial charge on any atom is 0.268 e. The molecule has 0 bridgehead atoms. The van der Waals surface area contributed by atoms with Crippen molar-refractivity contribution in [2.45, 2.75) is 0 Å². The predicted molar refractivity (Wildman–Crippen MR) is 157 cm³/mol. The largest absolute Gasteiger partial charge is 0.268 e. The fourth-order valence-electron chi connectivity index (χ4n) is 5.67. The summed E-state index contributed by atoms with van der Waals surface area (Å²) in [6.07, 6.45) is 0. The number of rotatable bonds is 0. The van der Waals surface area contributed by atoms with Gasteiger partial charge in [0.05, 0.1) is 33.4 Å². The first-order valence-electron chi connectivity index (χ1n) is 13.6. The van der Waals surface area contributed by atoms with Gasteiger partial charge in [-0.05, 0) is 36.4 Å². The van der Waals surface area contributed by atoms with E-state index < -0.39 is 53.3 Å². The van der Waals surface area contributed by atoms with Crippen LogP contribution in [0, 0.1) is 0 Å². The summed E-state index contributed by atoms with van der Waals surface area (Å²) in [5.41, 5.74) is 0.738. The zero-order chi connectivity index (χ0) is 31.4. The van der Waals surface area contributed by atoms with E-state index in [1.54, 1.807) is 36.4 Å². The first-order chi connectivity index (χ1) is 22.3. The Morgan fingerprint density at radius 3 is 0.652 bits per heavy atom. The molecule has 0 atom stereocenters. The summed E-state index contributed by atoms with van der Waals surface area (Å²) in [4.78, 5) is 109. The van der Waals surface area contributed by atoms with Crippen LogP contribution in [0.5, 0.6) is 0 Å². The maximum atomic E-state index is 13.3. The summed E-state index contributed by atoms with van der Waals surface area (Å²) < 4.78 is 0. The lowest BCUT2D eigenvalue weighted by molar-refractivity contribution is 0.0731. The Bertz CT molecular complexity index is 1950. The molecule has 0 aliphatic carbocycles.